The number of halogens is 2. The van der Waals surface area contributed by atoms with E-state index in [0.29, 0.717) is 22.2 Å². The molecule has 0 fully saturated rings. The Kier molecular flexibility index (Phi) is 4.18. The van der Waals surface area contributed by atoms with Gasteiger partial charge in [0.05, 0.1) is 15.6 Å². The summed E-state index contributed by atoms with van der Waals surface area (Å²) in [5.74, 6) is -0.289. The molecule has 92 valence electrons. The number of hydrogen-bond donors (Lipinski definition) is 1. The molecule has 2 aromatic rings. The second kappa shape index (κ2) is 5.85. The Morgan fingerprint density at radius 1 is 1.11 bits per heavy atom. The maximum absolute atomic E-state index is 12.0. The number of benzene rings is 1. The first-order valence-corrected chi connectivity index (χ1v) is 6.05. The van der Waals surface area contributed by atoms with E-state index in [0.717, 1.165) is 5.56 Å². The highest BCUT2D eigenvalue weighted by atomic mass is 35.5. The van der Waals surface area contributed by atoms with Crippen LogP contribution >= 0.6 is 23.2 Å². The standard InChI is InChI=1S/C13H10Cl2N2O/c14-10-2-1-3-11(15)12(10)13(18)17-8-9-4-6-16-7-5-9/h1-7H,8H2,(H,17,18). The monoisotopic (exact) mass is 280 g/mol. The van der Waals surface area contributed by atoms with E-state index in [1.54, 1.807) is 30.6 Å². The van der Waals surface area contributed by atoms with E-state index in [-0.39, 0.29) is 5.91 Å². The number of nitrogens with one attached hydrogen (secondary N) is 1. The van der Waals surface area contributed by atoms with Gasteiger partial charge < -0.3 is 5.32 Å². The smallest absolute Gasteiger partial charge is 0.254 e. The molecule has 0 aliphatic carbocycles. The van der Waals surface area contributed by atoms with Crippen molar-refractivity contribution in [3.63, 3.8) is 0 Å². The lowest BCUT2D eigenvalue weighted by molar-refractivity contribution is 0.0951. The van der Waals surface area contributed by atoms with Crippen LogP contribution in [0, 0.1) is 0 Å². The zero-order chi connectivity index (χ0) is 13.0. The van der Waals surface area contributed by atoms with E-state index in [9.17, 15) is 4.79 Å². The summed E-state index contributed by atoms with van der Waals surface area (Å²) >= 11 is 11.9. The first kappa shape index (κ1) is 12.9. The van der Waals surface area contributed by atoms with Gasteiger partial charge in [0.15, 0.2) is 0 Å². The van der Waals surface area contributed by atoms with Crippen molar-refractivity contribution in [3.8, 4) is 0 Å². The fraction of sp³-hybridized carbons (Fsp3) is 0.0769. The van der Waals surface area contributed by atoms with Gasteiger partial charge in [-0.2, -0.15) is 0 Å². The van der Waals surface area contributed by atoms with Crippen LogP contribution in [0.25, 0.3) is 0 Å². The molecule has 0 radical (unpaired) electrons. The molecule has 0 saturated carbocycles. The van der Waals surface area contributed by atoms with Crippen LogP contribution in [-0.2, 0) is 6.54 Å². The zero-order valence-electron chi connectivity index (χ0n) is 9.36. The fourth-order valence-corrected chi connectivity index (χ4v) is 2.06. The summed E-state index contributed by atoms with van der Waals surface area (Å²) in [6.45, 7) is 0.406. The lowest BCUT2D eigenvalue weighted by Gasteiger charge is -2.08. The Morgan fingerprint density at radius 3 is 2.33 bits per heavy atom. The van der Waals surface area contributed by atoms with Gasteiger partial charge in [-0.3, -0.25) is 9.78 Å². The molecule has 0 aliphatic heterocycles. The summed E-state index contributed by atoms with van der Waals surface area (Å²) in [4.78, 5) is 15.9. The molecule has 18 heavy (non-hydrogen) atoms. The van der Waals surface area contributed by atoms with Crippen LogP contribution in [0.15, 0.2) is 42.7 Å². The Balaban J connectivity index is 2.09. The molecule has 3 nitrogen and oxygen atoms in total. The maximum Gasteiger partial charge on any atom is 0.254 e. The number of rotatable bonds is 3. The first-order valence-electron chi connectivity index (χ1n) is 5.29. The third kappa shape index (κ3) is 3.00. The second-order valence-electron chi connectivity index (χ2n) is 3.63. The Labute approximate surface area is 115 Å². The van der Waals surface area contributed by atoms with Crippen LogP contribution in [-0.4, -0.2) is 10.9 Å². The molecule has 0 unspecified atom stereocenters. The fourth-order valence-electron chi connectivity index (χ4n) is 1.49. The van der Waals surface area contributed by atoms with Crippen LogP contribution < -0.4 is 5.32 Å². The number of carbonyl (C=O) groups is 1. The van der Waals surface area contributed by atoms with Crippen LogP contribution in [0.3, 0.4) is 0 Å². The molecule has 1 amide bonds. The van der Waals surface area contributed by atoms with Gasteiger partial charge in [-0.1, -0.05) is 29.3 Å². The van der Waals surface area contributed by atoms with E-state index in [4.69, 9.17) is 23.2 Å². The number of hydrogen-bond acceptors (Lipinski definition) is 2. The molecule has 0 bridgehead atoms. The van der Waals surface area contributed by atoms with Gasteiger partial charge >= 0.3 is 0 Å². The summed E-state index contributed by atoms with van der Waals surface area (Å²) in [6, 6.07) is 8.62. The summed E-state index contributed by atoms with van der Waals surface area (Å²) in [7, 11) is 0. The van der Waals surface area contributed by atoms with E-state index in [2.05, 4.69) is 10.3 Å². The predicted octanol–water partition coefficient (Wildman–Crippen LogP) is 3.32. The van der Waals surface area contributed by atoms with Gasteiger partial charge in [-0.15, -0.1) is 0 Å². The Morgan fingerprint density at radius 2 is 1.72 bits per heavy atom. The number of pyridine rings is 1. The maximum atomic E-state index is 12.0. The minimum Gasteiger partial charge on any atom is -0.348 e. The SMILES string of the molecule is O=C(NCc1ccncc1)c1c(Cl)cccc1Cl. The van der Waals surface area contributed by atoms with Crippen molar-refractivity contribution < 1.29 is 4.79 Å². The molecule has 1 N–H and O–H groups in total. The van der Waals surface area contributed by atoms with Gasteiger partial charge in [0, 0.05) is 18.9 Å². The van der Waals surface area contributed by atoms with Crippen LogP contribution in [0.5, 0.6) is 0 Å². The normalized spacial score (nSPS) is 10.1. The molecule has 1 aromatic carbocycles. The molecule has 0 aliphatic rings. The van der Waals surface area contributed by atoms with E-state index in [1.165, 1.54) is 0 Å². The van der Waals surface area contributed by atoms with Crippen molar-refractivity contribution >= 4 is 29.1 Å². The summed E-state index contributed by atoms with van der Waals surface area (Å²) in [6.07, 6.45) is 3.34. The molecule has 1 aromatic heterocycles. The van der Waals surface area contributed by atoms with Crippen LogP contribution in [0.1, 0.15) is 15.9 Å². The molecular weight excluding hydrogens is 271 g/mol. The molecule has 0 saturated heterocycles. The van der Waals surface area contributed by atoms with Gasteiger partial charge in [-0.05, 0) is 29.8 Å². The third-order valence-corrected chi connectivity index (χ3v) is 3.02. The third-order valence-electron chi connectivity index (χ3n) is 2.39. The quantitative estimate of drug-likeness (QED) is 0.937. The average molecular weight is 281 g/mol. The number of nitrogens with zero attached hydrogens (tertiary/aromatic N) is 1. The van der Waals surface area contributed by atoms with Crippen molar-refractivity contribution in [2.45, 2.75) is 6.54 Å². The van der Waals surface area contributed by atoms with E-state index >= 15 is 0 Å². The summed E-state index contributed by atoms with van der Waals surface area (Å²) in [5.41, 5.74) is 1.26. The highest BCUT2D eigenvalue weighted by Crippen LogP contribution is 2.23. The average Bonchev–Trinajstić information content (AvgIpc) is 2.37. The summed E-state index contributed by atoms with van der Waals surface area (Å²) in [5, 5.41) is 3.45. The van der Waals surface area contributed by atoms with Crippen LogP contribution in [0.2, 0.25) is 10.0 Å². The number of amides is 1. The summed E-state index contributed by atoms with van der Waals surface area (Å²) < 4.78 is 0. The second-order valence-corrected chi connectivity index (χ2v) is 4.45. The van der Waals surface area contributed by atoms with Crippen molar-refractivity contribution in [2.75, 3.05) is 0 Å². The minimum absolute atomic E-state index is 0.289. The largest absolute Gasteiger partial charge is 0.348 e. The number of aromatic nitrogens is 1. The predicted molar refractivity (Wildman–Crippen MR) is 71.9 cm³/mol. The van der Waals surface area contributed by atoms with Gasteiger partial charge in [-0.25, -0.2) is 0 Å². The van der Waals surface area contributed by atoms with Gasteiger partial charge in [0.25, 0.3) is 5.91 Å². The Bertz CT molecular complexity index is 538. The molecule has 1 heterocycles. The van der Waals surface area contributed by atoms with E-state index < -0.39 is 0 Å². The molecule has 5 heteroatoms. The highest BCUT2D eigenvalue weighted by molar-refractivity contribution is 6.39. The van der Waals surface area contributed by atoms with Crippen molar-refractivity contribution in [1.29, 1.82) is 0 Å². The van der Waals surface area contributed by atoms with Gasteiger partial charge in [0.2, 0.25) is 0 Å². The Hall–Kier alpha value is -1.58. The number of carbonyl (C=O) groups excluding carboxylic acids is 1. The van der Waals surface area contributed by atoms with Crippen molar-refractivity contribution in [2.24, 2.45) is 0 Å². The van der Waals surface area contributed by atoms with Gasteiger partial charge in [0.1, 0.15) is 0 Å². The van der Waals surface area contributed by atoms with Crippen molar-refractivity contribution in [3.05, 3.63) is 63.9 Å². The highest BCUT2D eigenvalue weighted by Gasteiger charge is 2.13. The molecule has 2 rings (SSSR count). The molecular formula is C13H10Cl2N2O. The zero-order valence-corrected chi connectivity index (χ0v) is 10.9. The van der Waals surface area contributed by atoms with Crippen LogP contribution in [0.4, 0.5) is 0 Å². The topological polar surface area (TPSA) is 42.0 Å². The lowest BCUT2D eigenvalue weighted by Crippen LogP contribution is -2.23. The molecule has 0 spiro atoms. The lowest BCUT2D eigenvalue weighted by atomic mass is 10.2. The molecule has 0 atom stereocenters. The minimum atomic E-state index is -0.289. The van der Waals surface area contributed by atoms with E-state index in [1.807, 2.05) is 12.1 Å². The van der Waals surface area contributed by atoms with Crippen molar-refractivity contribution in [1.82, 2.24) is 10.3 Å². The first-order chi connectivity index (χ1) is 8.68.